The number of fused-ring (bicyclic) bond motifs is 1. The van der Waals surface area contributed by atoms with E-state index >= 15 is 0 Å². The molecule has 0 radical (unpaired) electrons. The topological polar surface area (TPSA) is 61.8 Å². The molecule has 0 spiro atoms. The van der Waals surface area contributed by atoms with Gasteiger partial charge in [-0.1, -0.05) is 36.4 Å². The lowest BCUT2D eigenvalue weighted by atomic mass is 9.87. The van der Waals surface area contributed by atoms with Crippen molar-refractivity contribution >= 4 is 0 Å². The van der Waals surface area contributed by atoms with Gasteiger partial charge in [0.1, 0.15) is 11.4 Å². The zero-order valence-electron chi connectivity index (χ0n) is 14.1. The molecule has 0 saturated heterocycles. The van der Waals surface area contributed by atoms with Crippen LogP contribution in [0.3, 0.4) is 0 Å². The maximum Gasteiger partial charge on any atom is 0.129 e. The minimum Gasteiger partial charge on any atom is -0.383 e. The van der Waals surface area contributed by atoms with E-state index in [0.29, 0.717) is 24.1 Å². The second-order valence-electron chi connectivity index (χ2n) is 6.77. The van der Waals surface area contributed by atoms with Crippen LogP contribution in [0, 0.1) is 17.1 Å². The molecule has 4 rings (SSSR count). The SMILES string of the molecule is N#Cc1ccc([C@H]2CC(O)(CCc3ccccc3)c3cncn32)c(F)c1. The summed E-state index contributed by atoms with van der Waals surface area (Å²) in [5.74, 6) is -0.430. The predicted molar refractivity (Wildman–Crippen MR) is 94.8 cm³/mol. The van der Waals surface area contributed by atoms with Gasteiger partial charge in [-0.05, 0) is 30.5 Å². The normalized spacial score (nSPS) is 21.3. The molecule has 0 aliphatic carbocycles. The third-order valence-corrected chi connectivity index (χ3v) is 5.17. The summed E-state index contributed by atoms with van der Waals surface area (Å²) in [6, 6.07) is 16.1. The number of hydrogen-bond donors (Lipinski definition) is 1. The third kappa shape index (κ3) is 2.79. The Balaban J connectivity index is 1.63. The highest BCUT2D eigenvalue weighted by molar-refractivity contribution is 5.36. The van der Waals surface area contributed by atoms with E-state index < -0.39 is 11.4 Å². The molecule has 2 atom stereocenters. The van der Waals surface area contributed by atoms with Crippen LogP contribution in [0.25, 0.3) is 0 Å². The minimum atomic E-state index is -1.06. The van der Waals surface area contributed by atoms with Crippen LogP contribution in [-0.2, 0) is 12.0 Å². The van der Waals surface area contributed by atoms with Crippen molar-refractivity contribution in [1.29, 1.82) is 5.26 Å². The van der Waals surface area contributed by atoms with Gasteiger partial charge in [-0.25, -0.2) is 9.37 Å². The Hall–Kier alpha value is -2.97. The number of rotatable bonds is 4. The predicted octanol–water partition coefficient (Wildman–Crippen LogP) is 3.71. The molecule has 1 aliphatic heterocycles. The zero-order chi connectivity index (χ0) is 18.1. The van der Waals surface area contributed by atoms with E-state index in [1.54, 1.807) is 24.7 Å². The van der Waals surface area contributed by atoms with E-state index in [9.17, 15) is 9.50 Å². The number of hydrogen-bond acceptors (Lipinski definition) is 3. The van der Waals surface area contributed by atoms with Crippen LogP contribution >= 0.6 is 0 Å². The molecule has 3 aromatic rings. The van der Waals surface area contributed by atoms with Gasteiger partial charge in [0.25, 0.3) is 0 Å². The van der Waals surface area contributed by atoms with E-state index in [1.165, 1.54) is 6.07 Å². The van der Waals surface area contributed by atoms with Crippen molar-refractivity contribution in [2.75, 3.05) is 0 Å². The summed E-state index contributed by atoms with van der Waals surface area (Å²) in [6.07, 6.45) is 4.95. The van der Waals surface area contributed by atoms with Crippen molar-refractivity contribution in [3.05, 3.63) is 89.3 Å². The summed E-state index contributed by atoms with van der Waals surface area (Å²) >= 11 is 0. The van der Waals surface area contributed by atoms with Crippen molar-refractivity contribution in [1.82, 2.24) is 9.55 Å². The Morgan fingerprint density at radius 2 is 2.08 bits per heavy atom. The quantitative estimate of drug-likeness (QED) is 0.783. The molecule has 0 amide bonds. The van der Waals surface area contributed by atoms with Crippen LogP contribution in [0.15, 0.2) is 61.1 Å². The molecule has 1 unspecified atom stereocenters. The average molecular weight is 347 g/mol. The van der Waals surface area contributed by atoms with Gasteiger partial charge in [0.05, 0.1) is 35.9 Å². The Kier molecular flexibility index (Phi) is 4.06. The summed E-state index contributed by atoms with van der Waals surface area (Å²) in [4.78, 5) is 4.16. The zero-order valence-corrected chi connectivity index (χ0v) is 14.1. The molecule has 4 nitrogen and oxygen atoms in total. The summed E-state index contributed by atoms with van der Waals surface area (Å²) in [7, 11) is 0. The van der Waals surface area contributed by atoms with E-state index in [0.717, 1.165) is 12.0 Å². The number of halogens is 1. The number of nitriles is 1. The van der Waals surface area contributed by atoms with Crippen LogP contribution in [0.2, 0.25) is 0 Å². The number of imidazole rings is 1. The number of aryl methyl sites for hydroxylation is 1. The molecule has 5 heteroatoms. The van der Waals surface area contributed by atoms with Gasteiger partial charge in [-0.3, -0.25) is 0 Å². The second-order valence-corrected chi connectivity index (χ2v) is 6.77. The van der Waals surface area contributed by atoms with Crippen molar-refractivity contribution in [2.45, 2.75) is 30.9 Å². The lowest BCUT2D eigenvalue weighted by molar-refractivity contribution is 0.0265. The molecule has 1 aromatic heterocycles. The maximum atomic E-state index is 14.5. The Morgan fingerprint density at radius 3 is 2.81 bits per heavy atom. The van der Waals surface area contributed by atoms with Gasteiger partial charge in [-0.15, -0.1) is 0 Å². The first-order valence-corrected chi connectivity index (χ1v) is 8.59. The highest BCUT2D eigenvalue weighted by Gasteiger charge is 2.43. The van der Waals surface area contributed by atoms with Crippen molar-refractivity contribution in [3.8, 4) is 6.07 Å². The lowest BCUT2D eigenvalue weighted by Crippen LogP contribution is -2.23. The molecular weight excluding hydrogens is 329 g/mol. The molecular formula is C21H18FN3O. The van der Waals surface area contributed by atoms with Gasteiger partial charge in [0.15, 0.2) is 0 Å². The molecule has 0 saturated carbocycles. The highest BCUT2D eigenvalue weighted by atomic mass is 19.1. The Bertz CT molecular complexity index is 976. The third-order valence-electron chi connectivity index (χ3n) is 5.17. The first kappa shape index (κ1) is 16.5. The van der Waals surface area contributed by atoms with Gasteiger partial charge < -0.3 is 9.67 Å². The fraction of sp³-hybridized carbons (Fsp3) is 0.238. The molecule has 0 fully saturated rings. The minimum absolute atomic E-state index is 0.287. The number of benzene rings is 2. The number of nitrogens with zero attached hydrogens (tertiary/aromatic N) is 3. The molecule has 1 N–H and O–H groups in total. The number of aromatic nitrogens is 2. The molecule has 0 bridgehead atoms. The highest BCUT2D eigenvalue weighted by Crippen LogP contribution is 2.45. The van der Waals surface area contributed by atoms with E-state index in [-0.39, 0.29) is 11.6 Å². The standard InChI is InChI=1S/C21H18FN3O/c22-18-10-16(12-23)6-7-17(18)19-11-21(26,20-13-24-14-25(19)20)9-8-15-4-2-1-3-5-15/h1-7,10,13-14,19,26H,8-9,11H2/t19-,21?/m1/s1. The van der Waals surface area contributed by atoms with Crippen molar-refractivity contribution in [3.63, 3.8) is 0 Å². The summed E-state index contributed by atoms with van der Waals surface area (Å²) < 4.78 is 16.4. The average Bonchev–Trinajstić information content (AvgIpc) is 3.25. The fourth-order valence-corrected chi connectivity index (χ4v) is 3.79. The molecule has 2 aromatic carbocycles. The maximum absolute atomic E-state index is 14.5. The smallest absolute Gasteiger partial charge is 0.129 e. The summed E-state index contributed by atoms with van der Waals surface area (Å²) in [5.41, 5.74) is 1.56. The van der Waals surface area contributed by atoms with Crippen molar-refractivity contribution in [2.24, 2.45) is 0 Å². The van der Waals surface area contributed by atoms with Gasteiger partial charge in [-0.2, -0.15) is 5.26 Å². The Labute approximate surface area is 151 Å². The first-order valence-electron chi connectivity index (χ1n) is 8.59. The molecule has 130 valence electrons. The van der Waals surface area contributed by atoms with Gasteiger partial charge >= 0.3 is 0 Å². The summed E-state index contributed by atoms with van der Waals surface area (Å²) in [5, 5.41) is 20.2. The van der Waals surface area contributed by atoms with Crippen LogP contribution in [-0.4, -0.2) is 14.7 Å². The monoisotopic (exact) mass is 347 g/mol. The van der Waals surface area contributed by atoms with Crippen LogP contribution in [0.4, 0.5) is 4.39 Å². The molecule has 2 heterocycles. The summed E-state index contributed by atoms with van der Waals surface area (Å²) in [6.45, 7) is 0. The van der Waals surface area contributed by atoms with E-state index in [4.69, 9.17) is 5.26 Å². The fourth-order valence-electron chi connectivity index (χ4n) is 3.79. The number of aliphatic hydroxyl groups is 1. The Morgan fingerprint density at radius 1 is 1.27 bits per heavy atom. The second kappa shape index (κ2) is 6.40. The molecule has 1 aliphatic rings. The van der Waals surface area contributed by atoms with Gasteiger partial charge in [0.2, 0.25) is 0 Å². The van der Waals surface area contributed by atoms with Crippen LogP contribution in [0.1, 0.15) is 41.3 Å². The lowest BCUT2D eigenvalue weighted by Gasteiger charge is -2.22. The van der Waals surface area contributed by atoms with Crippen LogP contribution < -0.4 is 0 Å². The van der Waals surface area contributed by atoms with Crippen LogP contribution in [0.5, 0.6) is 0 Å². The van der Waals surface area contributed by atoms with Gasteiger partial charge in [0, 0.05) is 12.0 Å². The molecule has 26 heavy (non-hydrogen) atoms. The van der Waals surface area contributed by atoms with E-state index in [1.807, 2.05) is 41.0 Å². The largest absolute Gasteiger partial charge is 0.383 e. The van der Waals surface area contributed by atoms with E-state index in [2.05, 4.69) is 4.98 Å². The first-order chi connectivity index (χ1) is 12.6. The van der Waals surface area contributed by atoms with Crippen molar-refractivity contribution < 1.29 is 9.50 Å².